The van der Waals surface area contributed by atoms with Crippen molar-refractivity contribution in [1.82, 2.24) is 10.3 Å². The lowest BCUT2D eigenvalue weighted by molar-refractivity contribution is -0.120. The smallest absolute Gasteiger partial charge is 0.224 e. The minimum atomic E-state index is -0.730. The molecule has 0 saturated heterocycles. The quantitative estimate of drug-likeness (QED) is 0.780. The summed E-state index contributed by atoms with van der Waals surface area (Å²) in [6.45, 7) is 0.253. The third-order valence-electron chi connectivity index (χ3n) is 3.46. The predicted octanol–water partition coefficient (Wildman–Crippen LogP) is 3.48. The summed E-state index contributed by atoms with van der Waals surface area (Å²) < 4.78 is 31.7. The van der Waals surface area contributed by atoms with Crippen LogP contribution in [0.1, 0.15) is 11.1 Å². The molecule has 1 N–H and O–H groups in total. The van der Waals surface area contributed by atoms with Crippen molar-refractivity contribution < 1.29 is 18.0 Å². The van der Waals surface area contributed by atoms with Gasteiger partial charge in [-0.05, 0) is 35.4 Å². The number of rotatable bonds is 5. The van der Waals surface area contributed by atoms with E-state index in [1.165, 1.54) is 6.07 Å². The number of nitrogens with one attached hydrogen (secondary N) is 1. The Kier molecular flexibility index (Phi) is 4.65. The number of carbonyl (C=O) groups excluding carboxylic acids is 1. The van der Waals surface area contributed by atoms with Crippen molar-refractivity contribution in [3.8, 4) is 11.3 Å². The molecule has 6 heteroatoms. The van der Waals surface area contributed by atoms with Crippen molar-refractivity contribution in [2.24, 2.45) is 0 Å². The van der Waals surface area contributed by atoms with Crippen LogP contribution in [0, 0.1) is 11.6 Å². The topological polar surface area (TPSA) is 55.1 Å². The minimum absolute atomic E-state index is 0.149. The van der Waals surface area contributed by atoms with Crippen LogP contribution in [-0.2, 0) is 17.8 Å². The van der Waals surface area contributed by atoms with Crippen LogP contribution < -0.4 is 5.32 Å². The third-order valence-corrected chi connectivity index (χ3v) is 3.46. The van der Waals surface area contributed by atoms with Crippen molar-refractivity contribution in [2.75, 3.05) is 0 Å². The van der Waals surface area contributed by atoms with Gasteiger partial charge in [0, 0.05) is 30.6 Å². The van der Waals surface area contributed by atoms with Crippen LogP contribution in [0.15, 0.2) is 59.5 Å². The zero-order valence-electron chi connectivity index (χ0n) is 12.6. The first-order valence-corrected chi connectivity index (χ1v) is 7.30. The fourth-order valence-corrected chi connectivity index (χ4v) is 2.26. The normalized spacial score (nSPS) is 10.6. The van der Waals surface area contributed by atoms with Crippen molar-refractivity contribution in [3.05, 3.63) is 77.8 Å². The molecule has 0 spiro atoms. The number of benzene rings is 1. The molecule has 3 aromatic rings. The molecule has 4 nitrogen and oxygen atoms in total. The molecule has 0 aliphatic rings. The van der Waals surface area contributed by atoms with Gasteiger partial charge in [-0.2, -0.15) is 0 Å². The monoisotopic (exact) mass is 328 g/mol. The Balaban J connectivity index is 1.61. The molecule has 0 bridgehead atoms. The lowest BCUT2D eigenvalue weighted by Gasteiger charge is -2.07. The number of aromatic nitrogens is 1. The highest BCUT2D eigenvalue weighted by molar-refractivity contribution is 5.78. The van der Waals surface area contributed by atoms with Gasteiger partial charge in [0.05, 0.1) is 12.7 Å². The molecule has 1 amide bonds. The largest absolute Gasteiger partial charge is 0.464 e. The third kappa shape index (κ3) is 3.84. The van der Waals surface area contributed by atoms with Gasteiger partial charge in [0.15, 0.2) is 0 Å². The molecular weight excluding hydrogens is 314 g/mol. The summed E-state index contributed by atoms with van der Waals surface area (Å²) in [6, 6.07) is 8.60. The van der Waals surface area contributed by atoms with Crippen molar-refractivity contribution in [2.45, 2.75) is 13.0 Å². The van der Waals surface area contributed by atoms with Gasteiger partial charge < -0.3 is 9.73 Å². The lowest BCUT2D eigenvalue weighted by Crippen LogP contribution is -2.25. The zero-order chi connectivity index (χ0) is 16.9. The first-order chi connectivity index (χ1) is 11.6. The van der Waals surface area contributed by atoms with E-state index in [9.17, 15) is 13.6 Å². The number of hydrogen-bond acceptors (Lipinski definition) is 3. The van der Waals surface area contributed by atoms with Gasteiger partial charge in [0.2, 0.25) is 5.91 Å². The molecule has 0 unspecified atom stereocenters. The molecular formula is C18H14F2N2O2. The fourth-order valence-electron chi connectivity index (χ4n) is 2.26. The molecule has 2 aromatic heterocycles. The Bertz CT molecular complexity index is 848. The van der Waals surface area contributed by atoms with Crippen LogP contribution >= 0.6 is 0 Å². The van der Waals surface area contributed by atoms with Crippen LogP contribution in [0.25, 0.3) is 11.3 Å². The summed E-state index contributed by atoms with van der Waals surface area (Å²) in [5.41, 5.74) is 1.74. The van der Waals surface area contributed by atoms with Crippen molar-refractivity contribution in [3.63, 3.8) is 0 Å². The molecule has 122 valence electrons. The second-order valence-electron chi connectivity index (χ2n) is 5.25. The average molecular weight is 328 g/mol. The fraction of sp³-hybridized carbons (Fsp3) is 0.111. The van der Waals surface area contributed by atoms with Gasteiger partial charge in [0.25, 0.3) is 0 Å². The average Bonchev–Trinajstić information content (AvgIpc) is 3.10. The Labute approximate surface area is 137 Å². The molecule has 0 aliphatic heterocycles. The number of amides is 1. The molecule has 0 saturated carbocycles. The van der Waals surface area contributed by atoms with E-state index in [0.717, 1.165) is 23.3 Å². The van der Waals surface area contributed by atoms with Gasteiger partial charge in [-0.25, -0.2) is 8.78 Å². The Morgan fingerprint density at radius 2 is 2.04 bits per heavy atom. The Morgan fingerprint density at radius 3 is 2.79 bits per heavy atom. The molecule has 1 aromatic carbocycles. The van der Waals surface area contributed by atoms with E-state index in [1.807, 2.05) is 12.1 Å². The molecule has 0 radical (unpaired) electrons. The van der Waals surface area contributed by atoms with E-state index in [4.69, 9.17) is 4.42 Å². The van der Waals surface area contributed by atoms with Gasteiger partial charge >= 0.3 is 0 Å². The van der Waals surface area contributed by atoms with Gasteiger partial charge in [-0.1, -0.05) is 6.07 Å². The standard InChI is InChI=1S/C18H14F2N2O2/c19-15-4-3-13(16(20)8-15)7-18(23)22-10-12-6-14(11-21-9-12)17-2-1-5-24-17/h1-6,8-9,11H,7,10H2,(H,22,23). The number of carbonyl (C=O) groups is 1. The summed E-state index contributed by atoms with van der Waals surface area (Å²) in [7, 11) is 0. The highest BCUT2D eigenvalue weighted by atomic mass is 19.1. The van der Waals surface area contributed by atoms with Crippen LogP contribution in [0.5, 0.6) is 0 Å². The summed E-state index contributed by atoms with van der Waals surface area (Å²) in [6.07, 6.45) is 4.71. The summed E-state index contributed by atoms with van der Waals surface area (Å²) in [5.74, 6) is -1.07. The molecule has 0 fully saturated rings. The molecule has 0 aliphatic carbocycles. The number of nitrogens with zero attached hydrogens (tertiary/aromatic N) is 1. The van der Waals surface area contributed by atoms with Gasteiger partial charge in [0.1, 0.15) is 17.4 Å². The molecule has 2 heterocycles. The summed E-state index contributed by atoms with van der Waals surface area (Å²) in [5, 5.41) is 2.69. The first kappa shape index (κ1) is 15.9. The van der Waals surface area contributed by atoms with Crippen molar-refractivity contribution in [1.29, 1.82) is 0 Å². The zero-order valence-corrected chi connectivity index (χ0v) is 12.6. The highest BCUT2D eigenvalue weighted by Crippen LogP contribution is 2.19. The SMILES string of the molecule is O=C(Cc1ccc(F)cc1F)NCc1cncc(-c2ccco2)c1. The summed E-state index contributed by atoms with van der Waals surface area (Å²) in [4.78, 5) is 16.0. The van der Waals surface area contributed by atoms with Crippen LogP contribution in [0.3, 0.4) is 0 Å². The Morgan fingerprint density at radius 1 is 1.17 bits per heavy atom. The van der Waals surface area contributed by atoms with E-state index in [1.54, 1.807) is 24.7 Å². The number of halogens is 2. The van der Waals surface area contributed by atoms with Crippen molar-refractivity contribution >= 4 is 5.91 Å². The maximum Gasteiger partial charge on any atom is 0.224 e. The second-order valence-corrected chi connectivity index (χ2v) is 5.25. The lowest BCUT2D eigenvalue weighted by atomic mass is 10.1. The Hall–Kier alpha value is -3.02. The minimum Gasteiger partial charge on any atom is -0.464 e. The maximum atomic E-state index is 13.5. The van der Waals surface area contributed by atoms with Gasteiger partial charge in [-0.3, -0.25) is 9.78 Å². The van der Waals surface area contributed by atoms with E-state index in [-0.39, 0.29) is 24.4 Å². The first-order valence-electron chi connectivity index (χ1n) is 7.30. The van der Waals surface area contributed by atoms with Gasteiger partial charge in [-0.15, -0.1) is 0 Å². The van der Waals surface area contributed by atoms with Crippen LogP contribution in [0.2, 0.25) is 0 Å². The van der Waals surface area contributed by atoms with E-state index < -0.39 is 11.6 Å². The van der Waals surface area contributed by atoms with Crippen LogP contribution in [0.4, 0.5) is 8.78 Å². The van der Waals surface area contributed by atoms with E-state index in [2.05, 4.69) is 10.3 Å². The highest BCUT2D eigenvalue weighted by Gasteiger charge is 2.09. The predicted molar refractivity (Wildman–Crippen MR) is 83.8 cm³/mol. The van der Waals surface area contributed by atoms with Crippen LogP contribution in [-0.4, -0.2) is 10.9 Å². The second kappa shape index (κ2) is 7.04. The maximum absolute atomic E-state index is 13.5. The van der Waals surface area contributed by atoms with E-state index >= 15 is 0 Å². The molecule has 24 heavy (non-hydrogen) atoms. The number of furan rings is 1. The number of hydrogen-bond donors (Lipinski definition) is 1. The number of pyridine rings is 1. The molecule has 0 atom stereocenters. The summed E-state index contributed by atoms with van der Waals surface area (Å²) >= 11 is 0. The molecule has 3 rings (SSSR count). The van der Waals surface area contributed by atoms with E-state index in [0.29, 0.717) is 5.76 Å².